The SMILES string of the molecule is O=[N+]([O-])c1ccc(-c2nnc(CCCc3nnc(-c4ccc([N+](=O)[O-])cc4)o3)o2)cc1. The molecule has 31 heavy (non-hydrogen) atoms. The summed E-state index contributed by atoms with van der Waals surface area (Å²) in [7, 11) is 0. The molecule has 0 fully saturated rings. The van der Waals surface area contributed by atoms with E-state index >= 15 is 0 Å². The summed E-state index contributed by atoms with van der Waals surface area (Å²) in [6.45, 7) is 0. The van der Waals surface area contributed by atoms with Crippen molar-refractivity contribution in [2.75, 3.05) is 0 Å². The summed E-state index contributed by atoms with van der Waals surface area (Å²) >= 11 is 0. The first kappa shape index (κ1) is 19.8. The second-order valence-corrected chi connectivity index (χ2v) is 6.46. The maximum absolute atomic E-state index is 10.7. The van der Waals surface area contributed by atoms with Crippen molar-refractivity contribution in [3.63, 3.8) is 0 Å². The predicted molar refractivity (Wildman–Crippen MR) is 105 cm³/mol. The Balaban J connectivity index is 1.33. The molecule has 0 saturated heterocycles. The Bertz CT molecular complexity index is 1120. The Hall–Kier alpha value is -4.48. The summed E-state index contributed by atoms with van der Waals surface area (Å²) in [5.41, 5.74) is 1.15. The van der Waals surface area contributed by atoms with Crippen molar-refractivity contribution in [3.8, 4) is 22.9 Å². The Morgan fingerprint density at radius 1 is 0.645 bits per heavy atom. The average molecular weight is 422 g/mol. The molecule has 156 valence electrons. The van der Waals surface area contributed by atoms with E-state index in [4.69, 9.17) is 8.83 Å². The lowest BCUT2D eigenvalue weighted by Gasteiger charge is -1.96. The fourth-order valence-electron chi connectivity index (χ4n) is 2.78. The van der Waals surface area contributed by atoms with Crippen LogP contribution in [-0.4, -0.2) is 30.2 Å². The molecule has 0 aliphatic carbocycles. The first-order valence-corrected chi connectivity index (χ1v) is 9.14. The molecule has 0 bridgehead atoms. The topological polar surface area (TPSA) is 164 Å². The van der Waals surface area contributed by atoms with Crippen molar-refractivity contribution in [3.05, 3.63) is 80.5 Å². The van der Waals surface area contributed by atoms with Crippen LogP contribution in [0, 0.1) is 20.2 Å². The van der Waals surface area contributed by atoms with Gasteiger partial charge in [0.2, 0.25) is 23.6 Å². The van der Waals surface area contributed by atoms with Crippen LogP contribution in [0.15, 0.2) is 57.4 Å². The number of nitrogens with zero attached hydrogens (tertiary/aromatic N) is 6. The van der Waals surface area contributed by atoms with Crippen LogP contribution in [0.4, 0.5) is 11.4 Å². The molecule has 12 heteroatoms. The van der Waals surface area contributed by atoms with E-state index in [2.05, 4.69) is 20.4 Å². The van der Waals surface area contributed by atoms with E-state index in [1.165, 1.54) is 24.3 Å². The van der Waals surface area contributed by atoms with E-state index in [-0.39, 0.29) is 23.2 Å². The van der Waals surface area contributed by atoms with Crippen LogP contribution in [-0.2, 0) is 12.8 Å². The van der Waals surface area contributed by atoms with E-state index < -0.39 is 9.85 Å². The molecule has 0 aliphatic rings. The van der Waals surface area contributed by atoms with Crippen LogP contribution in [0.3, 0.4) is 0 Å². The van der Waals surface area contributed by atoms with Gasteiger partial charge in [0.25, 0.3) is 11.4 Å². The Morgan fingerprint density at radius 2 is 1.03 bits per heavy atom. The zero-order chi connectivity index (χ0) is 21.8. The van der Waals surface area contributed by atoms with Gasteiger partial charge in [0, 0.05) is 48.2 Å². The second kappa shape index (κ2) is 8.49. The third-order valence-corrected chi connectivity index (χ3v) is 4.37. The Morgan fingerprint density at radius 3 is 1.39 bits per heavy atom. The van der Waals surface area contributed by atoms with Crippen molar-refractivity contribution in [2.45, 2.75) is 19.3 Å². The van der Waals surface area contributed by atoms with Crippen LogP contribution < -0.4 is 0 Å². The van der Waals surface area contributed by atoms with Gasteiger partial charge >= 0.3 is 0 Å². The number of nitro groups is 2. The molecule has 4 aromatic rings. The standard InChI is InChI=1S/C19H14N6O6/c26-24(27)14-8-4-12(5-9-14)18-22-20-16(30-18)2-1-3-17-21-23-19(31-17)13-6-10-15(11-7-13)25(28)29/h4-11H,1-3H2. The lowest BCUT2D eigenvalue weighted by atomic mass is 10.2. The molecule has 0 amide bonds. The third-order valence-electron chi connectivity index (χ3n) is 4.37. The molecule has 0 radical (unpaired) electrons. The molecule has 0 aliphatic heterocycles. The zero-order valence-corrected chi connectivity index (χ0v) is 15.9. The van der Waals surface area contributed by atoms with Crippen LogP contribution in [0.2, 0.25) is 0 Å². The highest BCUT2D eigenvalue weighted by atomic mass is 16.6. The van der Waals surface area contributed by atoms with Gasteiger partial charge in [0.05, 0.1) is 9.85 Å². The van der Waals surface area contributed by atoms with Gasteiger partial charge < -0.3 is 8.83 Å². The van der Waals surface area contributed by atoms with E-state index in [0.717, 1.165) is 0 Å². The molecule has 0 saturated carbocycles. The van der Waals surface area contributed by atoms with E-state index in [9.17, 15) is 20.2 Å². The molecule has 0 spiro atoms. The van der Waals surface area contributed by atoms with Crippen LogP contribution in [0.5, 0.6) is 0 Å². The van der Waals surface area contributed by atoms with Gasteiger partial charge in [-0.3, -0.25) is 20.2 Å². The van der Waals surface area contributed by atoms with Crippen molar-refractivity contribution in [2.24, 2.45) is 0 Å². The molecular formula is C19H14N6O6. The Labute approximate surface area is 173 Å². The molecule has 0 atom stereocenters. The second-order valence-electron chi connectivity index (χ2n) is 6.46. The van der Waals surface area contributed by atoms with Crippen molar-refractivity contribution in [1.29, 1.82) is 0 Å². The quantitative estimate of drug-likeness (QED) is 0.301. The number of nitro benzene ring substituents is 2. The molecule has 0 unspecified atom stereocenters. The average Bonchev–Trinajstić information content (AvgIpc) is 3.44. The minimum absolute atomic E-state index is 0.0175. The largest absolute Gasteiger partial charge is 0.421 e. The minimum atomic E-state index is -0.479. The summed E-state index contributed by atoms with van der Waals surface area (Å²) < 4.78 is 11.2. The highest BCUT2D eigenvalue weighted by Crippen LogP contribution is 2.23. The number of aromatic nitrogens is 4. The summed E-state index contributed by atoms with van der Waals surface area (Å²) in [4.78, 5) is 20.5. The molecule has 12 nitrogen and oxygen atoms in total. The van der Waals surface area contributed by atoms with E-state index in [1.807, 2.05) is 0 Å². The van der Waals surface area contributed by atoms with Crippen molar-refractivity contribution >= 4 is 11.4 Å². The highest BCUT2D eigenvalue weighted by Gasteiger charge is 2.13. The van der Waals surface area contributed by atoms with Gasteiger partial charge in [0.15, 0.2) is 0 Å². The fraction of sp³-hybridized carbons (Fsp3) is 0.158. The fourth-order valence-corrected chi connectivity index (χ4v) is 2.78. The van der Waals surface area contributed by atoms with E-state index in [1.54, 1.807) is 24.3 Å². The lowest BCUT2D eigenvalue weighted by molar-refractivity contribution is -0.385. The first-order chi connectivity index (χ1) is 15.0. The number of aryl methyl sites for hydroxylation is 2. The maximum Gasteiger partial charge on any atom is 0.269 e. The third kappa shape index (κ3) is 4.58. The number of non-ortho nitro benzene ring substituents is 2. The molecule has 2 heterocycles. The molecular weight excluding hydrogens is 408 g/mol. The summed E-state index contributed by atoms with van der Waals surface area (Å²) in [5.74, 6) is 1.40. The number of benzene rings is 2. The number of rotatable bonds is 8. The zero-order valence-electron chi connectivity index (χ0n) is 15.9. The van der Waals surface area contributed by atoms with Crippen LogP contribution in [0.25, 0.3) is 22.9 Å². The molecule has 4 rings (SSSR count). The van der Waals surface area contributed by atoms with Crippen molar-refractivity contribution in [1.82, 2.24) is 20.4 Å². The lowest BCUT2D eigenvalue weighted by Crippen LogP contribution is -1.90. The minimum Gasteiger partial charge on any atom is -0.421 e. The smallest absolute Gasteiger partial charge is 0.269 e. The van der Waals surface area contributed by atoms with Gasteiger partial charge in [0.1, 0.15) is 0 Å². The monoisotopic (exact) mass is 422 g/mol. The number of hydrogen-bond donors (Lipinski definition) is 0. The van der Waals surface area contributed by atoms with Gasteiger partial charge in [-0.15, -0.1) is 20.4 Å². The first-order valence-electron chi connectivity index (χ1n) is 9.14. The number of hydrogen-bond acceptors (Lipinski definition) is 10. The van der Waals surface area contributed by atoms with E-state index in [0.29, 0.717) is 42.2 Å². The van der Waals surface area contributed by atoms with Gasteiger partial charge in [-0.1, -0.05) is 0 Å². The maximum atomic E-state index is 10.7. The van der Waals surface area contributed by atoms with Gasteiger partial charge in [-0.05, 0) is 30.7 Å². The highest BCUT2D eigenvalue weighted by molar-refractivity contribution is 5.56. The van der Waals surface area contributed by atoms with Crippen LogP contribution in [0.1, 0.15) is 18.2 Å². The molecule has 2 aromatic carbocycles. The van der Waals surface area contributed by atoms with Crippen molar-refractivity contribution < 1.29 is 18.7 Å². The summed E-state index contributed by atoms with van der Waals surface area (Å²) in [6.07, 6.45) is 1.58. The van der Waals surface area contributed by atoms with Gasteiger partial charge in [-0.25, -0.2) is 0 Å². The summed E-state index contributed by atoms with van der Waals surface area (Å²) in [5, 5.41) is 37.3. The van der Waals surface area contributed by atoms with Crippen LogP contribution >= 0.6 is 0 Å². The molecule has 2 aromatic heterocycles. The van der Waals surface area contributed by atoms with Gasteiger partial charge in [-0.2, -0.15) is 0 Å². The molecule has 0 N–H and O–H groups in total. The summed E-state index contributed by atoms with van der Waals surface area (Å²) in [6, 6.07) is 11.7. The normalized spacial score (nSPS) is 10.8. The predicted octanol–water partition coefficient (Wildman–Crippen LogP) is 3.78. The Kier molecular flexibility index (Phi) is 5.43.